The maximum Gasteiger partial charge on any atom is 0.263 e. The molecule has 0 spiro atoms. The highest BCUT2D eigenvalue weighted by atomic mass is 79.9. The fraction of sp³-hybridized carbons (Fsp3) is 0.312. The van der Waals surface area contributed by atoms with Crippen LogP contribution in [0.5, 0.6) is 0 Å². The Morgan fingerprint density at radius 1 is 1.00 bits per heavy atom. The highest BCUT2D eigenvalue weighted by Gasteiger charge is 2.15. The van der Waals surface area contributed by atoms with Gasteiger partial charge in [0.1, 0.15) is 5.82 Å². The summed E-state index contributed by atoms with van der Waals surface area (Å²) in [7, 11) is -3.61. The van der Waals surface area contributed by atoms with Crippen molar-refractivity contribution in [3.63, 3.8) is 0 Å². The van der Waals surface area contributed by atoms with Crippen LogP contribution in [0.25, 0.3) is 0 Å². The summed E-state index contributed by atoms with van der Waals surface area (Å²) >= 11 is 3.29. The Hall–Kier alpha value is -1.60. The molecule has 3 rings (SSSR count). The normalized spacial score (nSPS) is 15.4. The molecule has 0 saturated carbocycles. The number of piperidine rings is 1. The summed E-state index contributed by atoms with van der Waals surface area (Å²) in [5.74, 6) is 0.327. The number of pyridine rings is 1. The number of benzene rings is 1. The molecule has 23 heavy (non-hydrogen) atoms. The Bertz CT molecular complexity index is 755. The Balaban J connectivity index is 1.73. The summed E-state index contributed by atoms with van der Waals surface area (Å²) in [4.78, 5) is 6.73. The van der Waals surface area contributed by atoms with Crippen LogP contribution in [0.1, 0.15) is 19.3 Å². The van der Waals surface area contributed by atoms with Crippen LogP contribution in [0.15, 0.2) is 52.0 Å². The SMILES string of the molecule is O=S(=O)(Nc1ccc(N2CCCCC2)cn1)c1ccc(Br)cc1. The number of rotatable bonds is 4. The number of hydrogen-bond acceptors (Lipinski definition) is 4. The van der Waals surface area contributed by atoms with Gasteiger partial charge in [0, 0.05) is 17.6 Å². The van der Waals surface area contributed by atoms with Gasteiger partial charge in [-0.2, -0.15) is 0 Å². The van der Waals surface area contributed by atoms with E-state index in [1.54, 1.807) is 36.5 Å². The van der Waals surface area contributed by atoms with E-state index < -0.39 is 10.0 Å². The van der Waals surface area contributed by atoms with E-state index in [9.17, 15) is 8.42 Å². The third-order valence-electron chi connectivity index (χ3n) is 3.83. The van der Waals surface area contributed by atoms with E-state index in [4.69, 9.17) is 0 Å². The summed E-state index contributed by atoms with van der Waals surface area (Å²) < 4.78 is 28.0. The van der Waals surface area contributed by atoms with Crippen LogP contribution in [0.4, 0.5) is 11.5 Å². The van der Waals surface area contributed by atoms with Crippen molar-refractivity contribution in [3.8, 4) is 0 Å². The maximum absolute atomic E-state index is 12.3. The summed E-state index contributed by atoms with van der Waals surface area (Å²) in [6.07, 6.45) is 5.38. The molecule has 0 aliphatic carbocycles. The third-order valence-corrected chi connectivity index (χ3v) is 5.73. The lowest BCUT2D eigenvalue weighted by atomic mass is 10.1. The number of sulfonamides is 1. The Morgan fingerprint density at radius 2 is 1.70 bits per heavy atom. The molecule has 1 aliphatic rings. The second-order valence-corrected chi connectivity index (χ2v) is 8.11. The lowest BCUT2D eigenvalue weighted by molar-refractivity contribution is 0.577. The van der Waals surface area contributed by atoms with Gasteiger partial charge in [-0.3, -0.25) is 4.72 Å². The number of aromatic nitrogens is 1. The molecule has 122 valence electrons. The van der Waals surface area contributed by atoms with Gasteiger partial charge in [-0.25, -0.2) is 13.4 Å². The lowest BCUT2D eigenvalue weighted by Gasteiger charge is -2.28. The van der Waals surface area contributed by atoms with Gasteiger partial charge in [-0.1, -0.05) is 15.9 Å². The number of halogens is 1. The Morgan fingerprint density at radius 3 is 2.30 bits per heavy atom. The van der Waals surface area contributed by atoms with E-state index in [2.05, 4.69) is 30.5 Å². The third kappa shape index (κ3) is 4.03. The first-order chi connectivity index (χ1) is 11.0. The van der Waals surface area contributed by atoms with Crippen molar-refractivity contribution in [3.05, 3.63) is 47.1 Å². The van der Waals surface area contributed by atoms with Crippen molar-refractivity contribution in [2.24, 2.45) is 0 Å². The van der Waals surface area contributed by atoms with Crippen LogP contribution in [0, 0.1) is 0 Å². The molecule has 1 aliphatic heterocycles. The van der Waals surface area contributed by atoms with Crippen LogP contribution in [0.3, 0.4) is 0 Å². The van der Waals surface area contributed by atoms with E-state index in [1.807, 2.05) is 6.07 Å². The highest BCUT2D eigenvalue weighted by Crippen LogP contribution is 2.22. The molecule has 0 atom stereocenters. The second-order valence-electron chi connectivity index (χ2n) is 5.51. The van der Waals surface area contributed by atoms with Crippen molar-refractivity contribution >= 4 is 37.5 Å². The molecule has 0 bridgehead atoms. The number of hydrogen-bond donors (Lipinski definition) is 1. The van der Waals surface area contributed by atoms with Crippen molar-refractivity contribution < 1.29 is 8.42 Å². The average Bonchev–Trinajstić information content (AvgIpc) is 2.56. The van der Waals surface area contributed by atoms with Crippen molar-refractivity contribution in [1.82, 2.24) is 4.98 Å². The second kappa shape index (κ2) is 6.88. The predicted octanol–water partition coefficient (Wildman–Crippen LogP) is 3.64. The molecular weight excluding hydrogens is 378 g/mol. The maximum atomic E-state index is 12.3. The highest BCUT2D eigenvalue weighted by molar-refractivity contribution is 9.10. The van der Waals surface area contributed by atoms with Gasteiger partial charge in [0.05, 0.1) is 16.8 Å². The van der Waals surface area contributed by atoms with Gasteiger partial charge in [0.2, 0.25) is 0 Å². The summed E-state index contributed by atoms with van der Waals surface area (Å²) in [6, 6.07) is 10.1. The molecule has 0 amide bonds. The van der Waals surface area contributed by atoms with Gasteiger partial charge in [0.15, 0.2) is 0 Å². The quantitative estimate of drug-likeness (QED) is 0.857. The molecule has 7 heteroatoms. The first-order valence-corrected chi connectivity index (χ1v) is 9.82. The molecule has 1 fully saturated rings. The zero-order valence-electron chi connectivity index (χ0n) is 12.6. The molecule has 1 N–H and O–H groups in total. The topological polar surface area (TPSA) is 62.3 Å². The number of anilines is 2. The fourth-order valence-corrected chi connectivity index (χ4v) is 3.87. The molecular formula is C16H18BrN3O2S. The van der Waals surface area contributed by atoms with E-state index in [0.717, 1.165) is 23.2 Å². The predicted molar refractivity (Wildman–Crippen MR) is 95.3 cm³/mol. The first-order valence-electron chi connectivity index (χ1n) is 7.54. The van der Waals surface area contributed by atoms with Crippen LogP contribution in [-0.4, -0.2) is 26.5 Å². The van der Waals surface area contributed by atoms with E-state index >= 15 is 0 Å². The van der Waals surface area contributed by atoms with Crippen molar-refractivity contribution in [2.75, 3.05) is 22.7 Å². The Labute approximate surface area is 144 Å². The number of nitrogens with zero attached hydrogens (tertiary/aromatic N) is 2. The largest absolute Gasteiger partial charge is 0.370 e. The van der Waals surface area contributed by atoms with Crippen LogP contribution in [0.2, 0.25) is 0 Å². The summed E-state index contributed by atoms with van der Waals surface area (Å²) in [5.41, 5.74) is 1.04. The minimum Gasteiger partial charge on any atom is -0.370 e. The molecule has 0 radical (unpaired) electrons. The molecule has 5 nitrogen and oxygen atoms in total. The van der Waals surface area contributed by atoms with Gasteiger partial charge >= 0.3 is 0 Å². The molecule has 2 aromatic rings. The molecule has 2 heterocycles. The van der Waals surface area contributed by atoms with Gasteiger partial charge < -0.3 is 4.90 Å². The minimum atomic E-state index is -3.61. The van der Waals surface area contributed by atoms with Crippen LogP contribution in [-0.2, 0) is 10.0 Å². The monoisotopic (exact) mass is 395 g/mol. The van der Waals surface area contributed by atoms with Gasteiger partial charge in [-0.15, -0.1) is 0 Å². The van der Waals surface area contributed by atoms with Crippen molar-refractivity contribution in [1.29, 1.82) is 0 Å². The zero-order chi connectivity index (χ0) is 16.3. The smallest absolute Gasteiger partial charge is 0.263 e. The molecule has 0 unspecified atom stereocenters. The summed E-state index contributed by atoms with van der Waals surface area (Å²) in [6.45, 7) is 2.07. The fourth-order valence-electron chi connectivity index (χ4n) is 2.60. The zero-order valence-corrected chi connectivity index (χ0v) is 15.0. The van der Waals surface area contributed by atoms with Crippen LogP contribution >= 0.6 is 15.9 Å². The van der Waals surface area contributed by atoms with Crippen LogP contribution < -0.4 is 9.62 Å². The van der Waals surface area contributed by atoms with E-state index in [-0.39, 0.29) is 4.90 Å². The molecule has 1 aromatic carbocycles. The average molecular weight is 396 g/mol. The van der Waals surface area contributed by atoms with Gasteiger partial charge in [0.25, 0.3) is 10.0 Å². The molecule has 1 saturated heterocycles. The van der Waals surface area contributed by atoms with E-state index in [1.165, 1.54) is 19.3 Å². The minimum absolute atomic E-state index is 0.211. The summed E-state index contributed by atoms with van der Waals surface area (Å²) in [5, 5.41) is 0. The lowest BCUT2D eigenvalue weighted by Crippen LogP contribution is -2.29. The first kappa shape index (κ1) is 16.3. The molecule has 1 aromatic heterocycles. The Kier molecular flexibility index (Phi) is 4.87. The van der Waals surface area contributed by atoms with Crippen molar-refractivity contribution in [2.45, 2.75) is 24.2 Å². The standard InChI is InChI=1S/C16H18BrN3O2S/c17-13-4-7-15(8-5-13)23(21,22)19-16-9-6-14(12-18-16)20-10-2-1-3-11-20/h4-9,12H,1-3,10-11H2,(H,18,19). The number of nitrogens with one attached hydrogen (secondary N) is 1. The van der Waals surface area contributed by atoms with E-state index in [0.29, 0.717) is 5.82 Å². The van der Waals surface area contributed by atoms with Gasteiger partial charge in [-0.05, 0) is 55.7 Å².